The maximum Gasteiger partial charge on any atom is 0.305 e. The summed E-state index contributed by atoms with van der Waals surface area (Å²) in [6, 6.07) is 5.55. The minimum Gasteiger partial charge on any atom is -0.481 e. The molecule has 0 spiro atoms. The Balaban J connectivity index is 2.47. The highest BCUT2D eigenvalue weighted by molar-refractivity contribution is 7.90. The molecule has 0 aliphatic rings. The average molecular weight is 472 g/mol. The third kappa shape index (κ3) is 6.58. The number of hydrogen-bond donors (Lipinski definition) is 4. The molecule has 0 aliphatic heterocycles. The lowest BCUT2D eigenvalue weighted by molar-refractivity contribution is -0.139. The van der Waals surface area contributed by atoms with Gasteiger partial charge < -0.3 is 25.6 Å². The molecule has 5 N–H and O–H groups in total. The topological polar surface area (TPSA) is 156 Å². The smallest absolute Gasteiger partial charge is 0.305 e. The summed E-state index contributed by atoms with van der Waals surface area (Å²) in [6.07, 6.45) is -1.63. The molecule has 1 heterocycles. The van der Waals surface area contributed by atoms with E-state index in [0.717, 1.165) is 6.26 Å². The second-order valence-electron chi connectivity index (χ2n) is 8.20. The van der Waals surface area contributed by atoms with Gasteiger partial charge in [-0.05, 0) is 43.0 Å². The van der Waals surface area contributed by atoms with Crippen molar-refractivity contribution in [3.05, 3.63) is 41.5 Å². The van der Waals surface area contributed by atoms with E-state index in [0.29, 0.717) is 17.1 Å². The summed E-state index contributed by atoms with van der Waals surface area (Å²) >= 11 is 0. The van der Waals surface area contributed by atoms with Gasteiger partial charge in [0.1, 0.15) is 11.6 Å². The molecule has 0 fully saturated rings. The molecule has 11 heteroatoms. The zero-order chi connectivity index (χ0) is 24.2. The number of rotatable bonds is 11. The molecule has 1 aromatic heterocycles. The van der Waals surface area contributed by atoms with Crippen LogP contribution in [-0.2, 0) is 21.2 Å². The van der Waals surface area contributed by atoms with Gasteiger partial charge in [-0.3, -0.25) is 4.79 Å². The number of halogens is 1. The van der Waals surface area contributed by atoms with Crippen LogP contribution in [-0.4, -0.2) is 57.7 Å². The molecule has 2 rings (SSSR count). The highest BCUT2D eigenvalue weighted by Crippen LogP contribution is 2.32. The van der Waals surface area contributed by atoms with Gasteiger partial charge in [0.2, 0.25) is 0 Å². The summed E-state index contributed by atoms with van der Waals surface area (Å²) in [4.78, 5) is 15.2. The lowest BCUT2D eigenvalue weighted by atomic mass is 10.0. The standard InChI is InChI=1S/C21H30FN3O6S/c1-12(2)19-18(20(23)32(3,30)31)24-21(13-4-6-14(22)7-5-13)25(19)9-8-15(26)10-16(27)11-17(28)29/h4-7,12,15-16,20,26-27H,8-11,23H2,1-3H3,(H,28,29)/t15-,16-,20?/m1/s1. The van der Waals surface area contributed by atoms with E-state index in [-0.39, 0.29) is 31.0 Å². The van der Waals surface area contributed by atoms with Crippen LogP contribution in [0.1, 0.15) is 55.8 Å². The normalized spacial score (nSPS) is 15.0. The zero-order valence-corrected chi connectivity index (χ0v) is 19.1. The van der Waals surface area contributed by atoms with Gasteiger partial charge in [-0.2, -0.15) is 0 Å². The summed E-state index contributed by atoms with van der Waals surface area (Å²) in [6.45, 7) is 3.91. The van der Waals surface area contributed by atoms with E-state index in [2.05, 4.69) is 4.98 Å². The number of aliphatic hydroxyl groups is 2. The Hall–Kier alpha value is -2.34. The van der Waals surface area contributed by atoms with Crippen molar-refractivity contribution >= 4 is 15.8 Å². The Labute approximate surface area is 186 Å². The van der Waals surface area contributed by atoms with Crippen molar-refractivity contribution in [2.45, 2.75) is 63.2 Å². The number of carboxylic acid groups (broad SMARTS) is 1. The minimum absolute atomic E-state index is 0.125. The average Bonchev–Trinajstić information content (AvgIpc) is 3.04. The molecule has 1 aromatic carbocycles. The van der Waals surface area contributed by atoms with Crippen molar-refractivity contribution in [3.8, 4) is 11.4 Å². The fraction of sp³-hybridized carbons (Fsp3) is 0.524. The maximum absolute atomic E-state index is 13.4. The Morgan fingerprint density at radius 2 is 1.78 bits per heavy atom. The first kappa shape index (κ1) is 25.9. The molecule has 178 valence electrons. The molecule has 0 saturated carbocycles. The predicted molar refractivity (Wildman–Crippen MR) is 117 cm³/mol. The lowest BCUT2D eigenvalue weighted by Crippen LogP contribution is -2.24. The van der Waals surface area contributed by atoms with Crippen molar-refractivity contribution in [1.82, 2.24) is 9.55 Å². The number of carbonyl (C=O) groups is 1. The van der Waals surface area contributed by atoms with Crippen molar-refractivity contribution < 1.29 is 32.9 Å². The van der Waals surface area contributed by atoms with E-state index in [4.69, 9.17) is 10.8 Å². The van der Waals surface area contributed by atoms with Gasteiger partial charge in [0.15, 0.2) is 15.2 Å². The summed E-state index contributed by atoms with van der Waals surface area (Å²) in [5.74, 6) is -1.40. The first-order valence-electron chi connectivity index (χ1n) is 10.2. The predicted octanol–water partition coefficient (Wildman–Crippen LogP) is 1.79. The van der Waals surface area contributed by atoms with Gasteiger partial charge in [0.05, 0.1) is 24.3 Å². The van der Waals surface area contributed by atoms with Gasteiger partial charge in [-0.15, -0.1) is 0 Å². The van der Waals surface area contributed by atoms with E-state index in [9.17, 15) is 27.8 Å². The fourth-order valence-electron chi connectivity index (χ4n) is 3.54. The summed E-state index contributed by atoms with van der Waals surface area (Å²) < 4.78 is 39.5. The molecular weight excluding hydrogens is 441 g/mol. The van der Waals surface area contributed by atoms with E-state index in [1.54, 1.807) is 4.57 Å². The number of benzene rings is 1. The summed E-state index contributed by atoms with van der Waals surface area (Å²) in [5, 5.41) is 27.5. The van der Waals surface area contributed by atoms with Crippen LogP contribution in [0.5, 0.6) is 0 Å². The summed E-state index contributed by atoms with van der Waals surface area (Å²) in [5.41, 5.74) is 7.30. The molecule has 3 atom stereocenters. The number of nitrogens with two attached hydrogens (primary N) is 1. The van der Waals surface area contributed by atoms with Crippen molar-refractivity contribution in [2.24, 2.45) is 5.73 Å². The van der Waals surface area contributed by atoms with Gasteiger partial charge in [-0.1, -0.05) is 13.8 Å². The first-order valence-corrected chi connectivity index (χ1v) is 12.1. The highest BCUT2D eigenvalue weighted by atomic mass is 32.2. The number of imidazole rings is 1. The van der Waals surface area contributed by atoms with Crippen LogP contribution in [0.25, 0.3) is 11.4 Å². The Bertz CT molecular complexity index is 1040. The summed E-state index contributed by atoms with van der Waals surface area (Å²) in [7, 11) is -3.66. The monoisotopic (exact) mass is 471 g/mol. The Morgan fingerprint density at radius 3 is 2.28 bits per heavy atom. The van der Waals surface area contributed by atoms with E-state index in [1.165, 1.54) is 24.3 Å². The third-order valence-electron chi connectivity index (χ3n) is 5.06. The van der Waals surface area contributed by atoms with Crippen molar-refractivity contribution in [2.75, 3.05) is 6.26 Å². The SMILES string of the molecule is CC(C)c1c(C(N)S(C)(=O)=O)nc(-c2ccc(F)cc2)n1CC[C@@H](O)C[C@@H](O)CC(=O)O. The number of aliphatic carboxylic acids is 1. The van der Waals surface area contributed by atoms with Crippen LogP contribution in [0, 0.1) is 5.82 Å². The molecule has 0 saturated heterocycles. The zero-order valence-electron chi connectivity index (χ0n) is 18.3. The molecule has 2 aromatic rings. The van der Waals surface area contributed by atoms with Crippen LogP contribution in [0.3, 0.4) is 0 Å². The number of aliphatic hydroxyl groups excluding tert-OH is 2. The van der Waals surface area contributed by atoms with Crippen LogP contribution >= 0.6 is 0 Å². The van der Waals surface area contributed by atoms with E-state index >= 15 is 0 Å². The number of carboxylic acids is 1. The Kier molecular flexibility index (Phi) is 8.52. The molecule has 32 heavy (non-hydrogen) atoms. The third-order valence-corrected chi connectivity index (χ3v) is 6.20. The number of hydrogen-bond acceptors (Lipinski definition) is 7. The fourth-order valence-corrected chi connectivity index (χ4v) is 4.12. The lowest BCUT2D eigenvalue weighted by Gasteiger charge is -2.19. The maximum atomic E-state index is 13.4. The second kappa shape index (κ2) is 10.5. The molecule has 9 nitrogen and oxygen atoms in total. The molecule has 0 amide bonds. The number of sulfone groups is 1. The minimum atomic E-state index is -3.66. The van der Waals surface area contributed by atoms with Gasteiger partial charge in [0, 0.05) is 24.1 Å². The van der Waals surface area contributed by atoms with Crippen LogP contribution in [0.15, 0.2) is 24.3 Å². The van der Waals surface area contributed by atoms with Gasteiger partial charge in [-0.25, -0.2) is 17.8 Å². The molecule has 0 bridgehead atoms. The largest absolute Gasteiger partial charge is 0.481 e. The highest BCUT2D eigenvalue weighted by Gasteiger charge is 2.30. The van der Waals surface area contributed by atoms with E-state index in [1.807, 2.05) is 13.8 Å². The first-order chi connectivity index (χ1) is 14.8. The van der Waals surface area contributed by atoms with E-state index < -0.39 is 45.6 Å². The van der Waals surface area contributed by atoms with Gasteiger partial charge in [0.25, 0.3) is 0 Å². The second-order valence-corrected chi connectivity index (χ2v) is 10.4. The molecular formula is C21H30FN3O6S. The van der Waals surface area contributed by atoms with Crippen LogP contribution < -0.4 is 5.73 Å². The number of nitrogens with zero attached hydrogens (tertiary/aromatic N) is 2. The molecule has 0 aliphatic carbocycles. The number of aromatic nitrogens is 2. The Morgan fingerprint density at radius 1 is 1.19 bits per heavy atom. The van der Waals surface area contributed by atoms with Crippen molar-refractivity contribution in [1.29, 1.82) is 0 Å². The molecule has 1 unspecified atom stereocenters. The van der Waals surface area contributed by atoms with Crippen molar-refractivity contribution in [3.63, 3.8) is 0 Å². The van der Waals surface area contributed by atoms with Crippen LogP contribution in [0.4, 0.5) is 4.39 Å². The van der Waals surface area contributed by atoms with Crippen LogP contribution in [0.2, 0.25) is 0 Å². The molecule has 0 radical (unpaired) electrons. The quantitative estimate of drug-likeness (QED) is 0.386. The van der Waals surface area contributed by atoms with Gasteiger partial charge >= 0.3 is 5.97 Å².